The Labute approximate surface area is 118 Å². The number of hydrogen-bond acceptors (Lipinski definition) is 4. The van der Waals surface area contributed by atoms with Crippen molar-refractivity contribution in [2.45, 2.75) is 24.9 Å². The Morgan fingerprint density at radius 2 is 1.95 bits per heavy atom. The van der Waals surface area contributed by atoms with Crippen LogP contribution in [0.15, 0.2) is 29.4 Å². The molecule has 2 heterocycles. The van der Waals surface area contributed by atoms with Crippen LogP contribution in [0.4, 0.5) is 0 Å². The van der Waals surface area contributed by atoms with E-state index in [1.807, 2.05) is 9.91 Å². The van der Waals surface area contributed by atoms with Crippen molar-refractivity contribution >= 4 is 12.6 Å². The highest BCUT2D eigenvalue weighted by atomic mass is 16.2. The Hall–Kier alpha value is -2.35. The molecule has 3 rings (SSSR count). The van der Waals surface area contributed by atoms with E-state index >= 15 is 0 Å². The largest absolute Gasteiger partial charge is 0.329 e. The first-order valence-corrected chi connectivity index (χ1v) is 6.78. The molecule has 2 atom stereocenters. The van der Waals surface area contributed by atoms with Crippen LogP contribution >= 0.6 is 0 Å². The van der Waals surface area contributed by atoms with Gasteiger partial charge < -0.3 is 4.90 Å². The third-order valence-electron chi connectivity index (χ3n) is 4.18. The maximum atomic E-state index is 12.7. The van der Waals surface area contributed by atoms with Crippen molar-refractivity contribution in [3.8, 4) is 6.07 Å². The van der Waals surface area contributed by atoms with Gasteiger partial charge in [0, 0.05) is 6.72 Å². The number of nitriles is 1. The molecule has 2 fully saturated rings. The molecule has 2 unspecified atom stereocenters. The van der Waals surface area contributed by atoms with Crippen molar-refractivity contribution in [2.24, 2.45) is 5.10 Å². The third-order valence-corrected chi connectivity index (χ3v) is 4.18. The van der Waals surface area contributed by atoms with E-state index in [1.165, 1.54) is 0 Å². The molecule has 0 N–H and O–H groups in total. The number of piperazine rings is 1. The Bertz CT molecular complexity index is 578. The standard InChI is InChI=1S/C15H16N4O/c1-17-18-9-12-6-7-13(10-18)19(12)15(20)14-5-3-2-4-11(14)8-16/h2-5,12-13H,1,6-7,9-10H2. The molecular weight excluding hydrogens is 252 g/mol. The van der Waals surface area contributed by atoms with Gasteiger partial charge in [0.1, 0.15) is 0 Å². The Morgan fingerprint density at radius 3 is 2.55 bits per heavy atom. The molecule has 2 bridgehead atoms. The minimum absolute atomic E-state index is 0.0293. The fourth-order valence-corrected chi connectivity index (χ4v) is 3.23. The first-order chi connectivity index (χ1) is 9.74. The van der Waals surface area contributed by atoms with Gasteiger partial charge in [0.25, 0.3) is 5.91 Å². The number of carbonyl (C=O) groups is 1. The zero-order valence-electron chi connectivity index (χ0n) is 11.2. The maximum Gasteiger partial charge on any atom is 0.255 e. The van der Waals surface area contributed by atoms with Crippen LogP contribution in [-0.4, -0.2) is 47.7 Å². The van der Waals surface area contributed by atoms with Gasteiger partial charge in [0.15, 0.2) is 0 Å². The number of benzene rings is 1. The molecule has 5 heteroatoms. The van der Waals surface area contributed by atoms with Crippen molar-refractivity contribution < 1.29 is 4.79 Å². The minimum atomic E-state index is -0.0293. The summed E-state index contributed by atoms with van der Waals surface area (Å²) in [5.41, 5.74) is 0.952. The molecule has 0 radical (unpaired) electrons. The first kappa shape index (κ1) is 12.7. The van der Waals surface area contributed by atoms with Crippen LogP contribution in [0, 0.1) is 11.3 Å². The lowest BCUT2D eigenvalue weighted by Crippen LogP contribution is -2.54. The summed E-state index contributed by atoms with van der Waals surface area (Å²) in [6, 6.07) is 9.47. The molecule has 1 aromatic carbocycles. The molecule has 0 aliphatic carbocycles. The predicted molar refractivity (Wildman–Crippen MR) is 75.3 cm³/mol. The van der Waals surface area contributed by atoms with Gasteiger partial charge in [-0.05, 0) is 25.0 Å². The van der Waals surface area contributed by atoms with Crippen LogP contribution in [0.1, 0.15) is 28.8 Å². The number of nitrogens with zero attached hydrogens (tertiary/aromatic N) is 4. The fourth-order valence-electron chi connectivity index (χ4n) is 3.23. The summed E-state index contributed by atoms with van der Waals surface area (Å²) in [4.78, 5) is 14.7. The fraction of sp³-hybridized carbons (Fsp3) is 0.400. The van der Waals surface area contributed by atoms with E-state index in [0.717, 1.165) is 25.9 Å². The summed E-state index contributed by atoms with van der Waals surface area (Å²) in [6.45, 7) is 5.04. The van der Waals surface area contributed by atoms with Gasteiger partial charge in [-0.3, -0.25) is 9.80 Å². The number of hydrogen-bond donors (Lipinski definition) is 0. The van der Waals surface area contributed by atoms with E-state index in [9.17, 15) is 4.79 Å². The lowest BCUT2D eigenvalue weighted by atomic mass is 10.1. The number of hydrazone groups is 1. The van der Waals surface area contributed by atoms with E-state index in [0.29, 0.717) is 11.1 Å². The van der Waals surface area contributed by atoms with Crippen molar-refractivity contribution in [1.29, 1.82) is 5.26 Å². The summed E-state index contributed by atoms with van der Waals surface area (Å²) in [7, 11) is 0. The predicted octanol–water partition coefficient (Wildman–Crippen LogP) is 1.46. The van der Waals surface area contributed by atoms with Crippen molar-refractivity contribution in [2.75, 3.05) is 13.1 Å². The highest BCUT2D eigenvalue weighted by Gasteiger charge is 2.42. The van der Waals surface area contributed by atoms with E-state index < -0.39 is 0 Å². The van der Waals surface area contributed by atoms with Crippen LogP contribution in [0.25, 0.3) is 0 Å². The van der Waals surface area contributed by atoms with Crippen LogP contribution in [0.2, 0.25) is 0 Å². The molecular formula is C15H16N4O. The van der Waals surface area contributed by atoms with E-state index in [1.54, 1.807) is 24.3 Å². The van der Waals surface area contributed by atoms with E-state index in [4.69, 9.17) is 5.26 Å². The molecule has 102 valence electrons. The lowest BCUT2D eigenvalue weighted by molar-refractivity contribution is 0.0431. The SMILES string of the molecule is C=NN1CC2CCC(C1)N2C(=O)c1ccccc1C#N. The van der Waals surface area contributed by atoms with E-state index in [-0.39, 0.29) is 18.0 Å². The van der Waals surface area contributed by atoms with Gasteiger partial charge >= 0.3 is 0 Å². The van der Waals surface area contributed by atoms with Crippen molar-refractivity contribution in [1.82, 2.24) is 9.91 Å². The monoisotopic (exact) mass is 268 g/mol. The normalized spacial score (nSPS) is 24.4. The van der Waals surface area contributed by atoms with E-state index in [2.05, 4.69) is 17.9 Å². The highest BCUT2D eigenvalue weighted by Crippen LogP contribution is 2.32. The Morgan fingerprint density at radius 1 is 1.30 bits per heavy atom. The summed E-state index contributed by atoms with van der Waals surface area (Å²) >= 11 is 0. The van der Waals surface area contributed by atoms with Gasteiger partial charge in [0.05, 0.1) is 42.4 Å². The van der Waals surface area contributed by atoms with Gasteiger partial charge in [0.2, 0.25) is 0 Å². The second kappa shape index (κ2) is 4.97. The number of fused-ring (bicyclic) bond motifs is 2. The zero-order chi connectivity index (χ0) is 14.1. The number of rotatable bonds is 2. The van der Waals surface area contributed by atoms with Crippen molar-refractivity contribution in [3.05, 3.63) is 35.4 Å². The summed E-state index contributed by atoms with van der Waals surface area (Å²) in [6.07, 6.45) is 1.99. The van der Waals surface area contributed by atoms with Gasteiger partial charge in [-0.25, -0.2) is 0 Å². The highest BCUT2D eigenvalue weighted by molar-refractivity contribution is 5.97. The molecule has 2 aliphatic rings. The van der Waals surface area contributed by atoms with Gasteiger partial charge in [-0.15, -0.1) is 0 Å². The van der Waals surface area contributed by atoms with Crippen LogP contribution in [0.5, 0.6) is 0 Å². The average molecular weight is 268 g/mol. The molecule has 1 amide bonds. The quantitative estimate of drug-likeness (QED) is 0.763. The Balaban J connectivity index is 1.89. The smallest absolute Gasteiger partial charge is 0.255 e. The van der Waals surface area contributed by atoms with Crippen LogP contribution in [-0.2, 0) is 0 Å². The van der Waals surface area contributed by atoms with Crippen LogP contribution < -0.4 is 0 Å². The topological polar surface area (TPSA) is 59.7 Å². The molecule has 0 aromatic heterocycles. The molecule has 0 saturated carbocycles. The summed E-state index contributed by atoms with van der Waals surface area (Å²) in [5, 5.41) is 15.1. The first-order valence-electron chi connectivity index (χ1n) is 6.78. The van der Waals surface area contributed by atoms with Gasteiger partial charge in [-0.2, -0.15) is 10.4 Å². The second-order valence-electron chi connectivity index (χ2n) is 5.27. The third kappa shape index (κ3) is 1.94. The number of amides is 1. The van der Waals surface area contributed by atoms with Crippen LogP contribution in [0.3, 0.4) is 0 Å². The summed E-state index contributed by atoms with van der Waals surface area (Å²) in [5.74, 6) is -0.0293. The average Bonchev–Trinajstić information content (AvgIpc) is 2.76. The molecule has 2 aliphatic heterocycles. The Kier molecular flexibility index (Phi) is 3.15. The number of carbonyl (C=O) groups excluding carboxylic acids is 1. The molecule has 20 heavy (non-hydrogen) atoms. The van der Waals surface area contributed by atoms with Crippen molar-refractivity contribution in [3.63, 3.8) is 0 Å². The molecule has 2 saturated heterocycles. The molecule has 1 aromatic rings. The molecule has 5 nitrogen and oxygen atoms in total. The maximum absolute atomic E-state index is 12.7. The minimum Gasteiger partial charge on any atom is -0.329 e. The molecule has 0 spiro atoms. The lowest BCUT2D eigenvalue weighted by Gasteiger charge is -2.39. The zero-order valence-corrected chi connectivity index (χ0v) is 11.2. The summed E-state index contributed by atoms with van der Waals surface area (Å²) < 4.78 is 0. The van der Waals surface area contributed by atoms with Gasteiger partial charge in [-0.1, -0.05) is 12.1 Å². The second-order valence-corrected chi connectivity index (χ2v) is 5.27.